The van der Waals surface area contributed by atoms with Crippen molar-refractivity contribution in [2.75, 3.05) is 13.1 Å². The monoisotopic (exact) mass is 313 g/mol. The van der Waals surface area contributed by atoms with Crippen LogP contribution in [0.1, 0.15) is 23.7 Å². The van der Waals surface area contributed by atoms with Crippen molar-refractivity contribution in [3.8, 4) is 5.75 Å². The van der Waals surface area contributed by atoms with E-state index in [-0.39, 0.29) is 17.6 Å². The Balaban J connectivity index is 2.15. The molecule has 1 aromatic rings. The highest BCUT2D eigenvalue weighted by molar-refractivity contribution is 9.10. The second kappa shape index (κ2) is 5.28. The topological polar surface area (TPSA) is 60.8 Å². The average molecular weight is 314 g/mol. The molecule has 1 fully saturated rings. The van der Waals surface area contributed by atoms with Gasteiger partial charge in [0.25, 0.3) is 5.91 Å². The van der Waals surface area contributed by atoms with E-state index < -0.39 is 6.10 Å². The van der Waals surface area contributed by atoms with Crippen LogP contribution in [-0.4, -0.2) is 40.2 Å². The number of likely N-dealkylation sites (tertiary alicyclic amines) is 1. The molecule has 4 nitrogen and oxygen atoms in total. The minimum Gasteiger partial charge on any atom is -0.507 e. The number of carbonyl (C=O) groups excluding carboxylic acids is 1. The Morgan fingerprint density at radius 1 is 1.56 bits per heavy atom. The number of aromatic hydroxyl groups is 1. The maximum absolute atomic E-state index is 12.3. The molecule has 1 aromatic carbocycles. The third-order valence-electron chi connectivity index (χ3n) is 3.38. The van der Waals surface area contributed by atoms with Gasteiger partial charge in [-0.25, -0.2) is 0 Å². The molecule has 1 heterocycles. The second-order valence-electron chi connectivity index (χ2n) is 4.70. The van der Waals surface area contributed by atoms with Crippen LogP contribution in [0.3, 0.4) is 0 Å². The fourth-order valence-corrected chi connectivity index (χ4v) is 2.58. The zero-order chi connectivity index (χ0) is 13.3. The number of benzene rings is 1. The Kier molecular flexibility index (Phi) is 3.92. The largest absolute Gasteiger partial charge is 0.507 e. The van der Waals surface area contributed by atoms with Gasteiger partial charge in [-0.2, -0.15) is 0 Å². The molecule has 1 aliphatic heterocycles. The molecule has 1 aliphatic rings. The van der Waals surface area contributed by atoms with Gasteiger partial charge in [-0.3, -0.25) is 4.79 Å². The minimum atomic E-state index is -0.404. The van der Waals surface area contributed by atoms with Crippen molar-refractivity contribution in [1.82, 2.24) is 4.90 Å². The predicted octanol–water partition coefficient (Wildman–Crippen LogP) is 2.00. The molecule has 2 atom stereocenters. The normalized spacial score (nSPS) is 21.1. The van der Waals surface area contributed by atoms with Crippen molar-refractivity contribution in [3.63, 3.8) is 0 Å². The Bertz CT molecular complexity index is 462. The lowest BCUT2D eigenvalue weighted by Crippen LogP contribution is -2.30. The molecule has 5 heteroatoms. The molecule has 2 unspecified atom stereocenters. The number of aliphatic hydroxyl groups excluding tert-OH is 1. The van der Waals surface area contributed by atoms with Crippen LogP contribution in [0.2, 0.25) is 0 Å². The highest BCUT2D eigenvalue weighted by atomic mass is 79.9. The third kappa shape index (κ3) is 2.67. The molecule has 0 saturated carbocycles. The molecule has 1 amide bonds. The Morgan fingerprint density at radius 3 is 2.89 bits per heavy atom. The summed E-state index contributed by atoms with van der Waals surface area (Å²) in [5.74, 6) is -0.0658. The molecule has 0 aliphatic carbocycles. The molecule has 2 N–H and O–H groups in total. The first-order valence-electron chi connectivity index (χ1n) is 5.95. The van der Waals surface area contributed by atoms with E-state index in [0.717, 1.165) is 10.9 Å². The maximum Gasteiger partial charge on any atom is 0.257 e. The van der Waals surface area contributed by atoms with Gasteiger partial charge < -0.3 is 15.1 Å². The van der Waals surface area contributed by atoms with Crippen LogP contribution < -0.4 is 0 Å². The summed E-state index contributed by atoms with van der Waals surface area (Å²) in [6.45, 7) is 2.91. The van der Waals surface area contributed by atoms with E-state index in [9.17, 15) is 15.0 Å². The molecule has 0 aromatic heterocycles. The summed E-state index contributed by atoms with van der Waals surface area (Å²) in [5.41, 5.74) is 0.301. The molecular weight excluding hydrogens is 298 g/mol. The van der Waals surface area contributed by atoms with Gasteiger partial charge in [0.05, 0.1) is 11.7 Å². The minimum absolute atomic E-state index is 0.0105. The van der Waals surface area contributed by atoms with Gasteiger partial charge >= 0.3 is 0 Å². The fourth-order valence-electron chi connectivity index (χ4n) is 2.22. The first-order valence-corrected chi connectivity index (χ1v) is 6.74. The number of hydrogen-bond acceptors (Lipinski definition) is 3. The van der Waals surface area contributed by atoms with Crippen molar-refractivity contribution < 1.29 is 15.0 Å². The predicted molar refractivity (Wildman–Crippen MR) is 71.5 cm³/mol. The zero-order valence-corrected chi connectivity index (χ0v) is 11.7. The Morgan fingerprint density at radius 2 is 2.28 bits per heavy atom. The van der Waals surface area contributed by atoms with Crippen LogP contribution in [0.5, 0.6) is 5.75 Å². The first kappa shape index (κ1) is 13.4. The molecule has 98 valence electrons. The van der Waals surface area contributed by atoms with Crippen molar-refractivity contribution in [2.24, 2.45) is 5.92 Å². The van der Waals surface area contributed by atoms with Crippen molar-refractivity contribution in [2.45, 2.75) is 19.4 Å². The first-order chi connectivity index (χ1) is 8.49. The summed E-state index contributed by atoms with van der Waals surface area (Å²) < 4.78 is 0.759. The van der Waals surface area contributed by atoms with E-state index in [1.807, 2.05) is 0 Å². The van der Waals surface area contributed by atoms with Crippen molar-refractivity contribution in [3.05, 3.63) is 28.2 Å². The van der Waals surface area contributed by atoms with Crippen molar-refractivity contribution >= 4 is 21.8 Å². The molecule has 1 saturated heterocycles. The van der Waals surface area contributed by atoms with E-state index in [1.54, 1.807) is 24.0 Å². The number of halogens is 1. The average Bonchev–Trinajstić information content (AvgIpc) is 2.81. The summed E-state index contributed by atoms with van der Waals surface area (Å²) in [7, 11) is 0. The van der Waals surface area contributed by atoms with Crippen LogP contribution in [0, 0.1) is 5.92 Å². The van der Waals surface area contributed by atoms with E-state index in [4.69, 9.17) is 0 Å². The summed E-state index contributed by atoms with van der Waals surface area (Å²) in [4.78, 5) is 13.9. The SMILES string of the molecule is CC(O)C1CCN(C(=O)c2cc(Br)ccc2O)C1. The third-order valence-corrected chi connectivity index (χ3v) is 3.88. The molecule has 0 bridgehead atoms. The van der Waals surface area contributed by atoms with Gasteiger partial charge in [0, 0.05) is 23.5 Å². The number of phenols is 1. The molecule has 2 rings (SSSR count). The number of carbonyl (C=O) groups is 1. The van der Waals surface area contributed by atoms with Crippen LogP contribution in [0.4, 0.5) is 0 Å². The summed E-state index contributed by atoms with van der Waals surface area (Å²) in [6.07, 6.45) is 0.400. The van der Waals surface area contributed by atoms with Crippen LogP contribution in [-0.2, 0) is 0 Å². The highest BCUT2D eigenvalue weighted by Crippen LogP contribution is 2.27. The van der Waals surface area contributed by atoms with Gasteiger partial charge in [0.1, 0.15) is 5.75 Å². The van der Waals surface area contributed by atoms with Crippen LogP contribution in [0.15, 0.2) is 22.7 Å². The van der Waals surface area contributed by atoms with Crippen LogP contribution in [0.25, 0.3) is 0 Å². The van der Waals surface area contributed by atoms with E-state index in [0.29, 0.717) is 18.7 Å². The molecule has 0 spiro atoms. The number of aliphatic hydroxyl groups is 1. The Hall–Kier alpha value is -1.07. The lowest BCUT2D eigenvalue weighted by Gasteiger charge is -2.18. The van der Waals surface area contributed by atoms with Gasteiger partial charge in [0.15, 0.2) is 0 Å². The molecule has 18 heavy (non-hydrogen) atoms. The molecular formula is C13H16BrNO3. The summed E-state index contributed by atoms with van der Waals surface area (Å²) >= 11 is 3.29. The summed E-state index contributed by atoms with van der Waals surface area (Å²) in [5, 5.41) is 19.2. The lowest BCUT2D eigenvalue weighted by atomic mass is 10.0. The van der Waals surface area contributed by atoms with Crippen molar-refractivity contribution in [1.29, 1.82) is 0 Å². The molecule has 0 radical (unpaired) electrons. The number of phenolic OH excluding ortho intramolecular Hbond substituents is 1. The van der Waals surface area contributed by atoms with Crippen LogP contribution >= 0.6 is 15.9 Å². The lowest BCUT2D eigenvalue weighted by molar-refractivity contribution is 0.0759. The van der Waals surface area contributed by atoms with E-state index in [2.05, 4.69) is 15.9 Å². The highest BCUT2D eigenvalue weighted by Gasteiger charge is 2.30. The fraction of sp³-hybridized carbons (Fsp3) is 0.462. The van der Waals surface area contributed by atoms with E-state index >= 15 is 0 Å². The van der Waals surface area contributed by atoms with Gasteiger partial charge in [-0.15, -0.1) is 0 Å². The maximum atomic E-state index is 12.3. The number of nitrogens with zero attached hydrogens (tertiary/aromatic N) is 1. The number of rotatable bonds is 2. The number of hydrogen-bond donors (Lipinski definition) is 2. The van der Waals surface area contributed by atoms with Gasteiger partial charge in [-0.1, -0.05) is 15.9 Å². The van der Waals surface area contributed by atoms with Gasteiger partial charge in [0.2, 0.25) is 0 Å². The number of amides is 1. The second-order valence-corrected chi connectivity index (χ2v) is 5.62. The zero-order valence-electron chi connectivity index (χ0n) is 10.1. The van der Waals surface area contributed by atoms with Gasteiger partial charge in [-0.05, 0) is 31.5 Å². The smallest absolute Gasteiger partial charge is 0.257 e. The standard InChI is InChI=1S/C13H16BrNO3/c1-8(16)9-4-5-15(7-9)13(18)11-6-10(14)2-3-12(11)17/h2-3,6,8-9,16-17H,4-5,7H2,1H3. The quantitative estimate of drug-likeness (QED) is 0.878. The van der Waals surface area contributed by atoms with E-state index in [1.165, 1.54) is 6.07 Å². The Labute approximate surface area is 114 Å². The summed E-state index contributed by atoms with van der Waals surface area (Å²) in [6, 6.07) is 4.81.